The average Bonchev–Trinajstić information content (AvgIpc) is 2.38. The van der Waals surface area contributed by atoms with E-state index in [1.54, 1.807) is 12.1 Å². The van der Waals surface area contributed by atoms with Crippen LogP contribution in [0.25, 0.3) is 0 Å². The number of hydrogen-bond donors (Lipinski definition) is 1. The van der Waals surface area contributed by atoms with Crippen molar-refractivity contribution >= 4 is 5.97 Å². The van der Waals surface area contributed by atoms with Gasteiger partial charge in [-0.25, -0.2) is 4.79 Å². The molecule has 0 spiro atoms. The molecule has 106 valence electrons. The Labute approximate surface area is 111 Å². The highest BCUT2D eigenvalue weighted by atomic mass is 19.3. The molecule has 0 bridgehead atoms. The number of ether oxygens (including phenoxy) is 1. The van der Waals surface area contributed by atoms with Gasteiger partial charge < -0.3 is 10.5 Å². The fourth-order valence-electron chi connectivity index (χ4n) is 1.65. The molecule has 3 nitrogen and oxygen atoms in total. The van der Waals surface area contributed by atoms with Crippen LogP contribution in [0.1, 0.15) is 43.9 Å². The zero-order chi connectivity index (χ0) is 14.6. The van der Waals surface area contributed by atoms with Crippen molar-refractivity contribution in [1.29, 1.82) is 0 Å². The van der Waals surface area contributed by atoms with Gasteiger partial charge in [-0.15, -0.1) is 0 Å². The molecule has 1 rings (SSSR count). The molecule has 1 atom stereocenters. The summed E-state index contributed by atoms with van der Waals surface area (Å²) in [5.41, 5.74) is 6.71. The molecular formula is C14H19F2NO2. The van der Waals surface area contributed by atoms with Crippen molar-refractivity contribution in [2.24, 2.45) is 5.73 Å². The van der Waals surface area contributed by atoms with E-state index in [0.29, 0.717) is 5.92 Å². The maximum Gasteiger partial charge on any atom is 0.379 e. The zero-order valence-corrected chi connectivity index (χ0v) is 11.3. The molecule has 1 aromatic rings. The molecule has 5 heteroatoms. The number of alkyl halides is 2. The minimum atomic E-state index is -3.73. The minimum Gasteiger partial charge on any atom is -0.462 e. The fraction of sp³-hybridized carbons (Fsp3) is 0.500. The lowest BCUT2D eigenvalue weighted by Gasteiger charge is -2.22. The van der Waals surface area contributed by atoms with Gasteiger partial charge in [-0.3, -0.25) is 0 Å². The van der Waals surface area contributed by atoms with Gasteiger partial charge in [0.2, 0.25) is 0 Å². The van der Waals surface area contributed by atoms with Gasteiger partial charge in [0.1, 0.15) is 6.04 Å². The van der Waals surface area contributed by atoms with Gasteiger partial charge >= 0.3 is 11.9 Å². The molecule has 0 radical (unpaired) electrons. The molecule has 19 heavy (non-hydrogen) atoms. The Morgan fingerprint density at radius 2 is 1.74 bits per heavy atom. The Hall–Kier alpha value is -1.49. The number of nitrogens with two attached hydrogens (primary N) is 1. The van der Waals surface area contributed by atoms with E-state index in [4.69, 9.17) is 5.73 Å². The van der Waals surface area contributed by atoms with Gasteiger partial charge in [-0.2, -0.15) is 8.78 Å². The van der Waals surface area contributed by atoms with Gasteiger partial charge in [-0.05, 0) is 24.0 Å². The van der Waals surface area contributed by atoms with Gasteiger partial charge in [0.25, 0.3) is 0 Å². The number of rotatable bonds is 5. The predicted molar refractivity (Wildman–Crippen MR) is 69.0 cm³/mol. The van der Waals surface area contributed by atoms with E-state index in [0.717, 1.165) is 5.56 Å². The molecule has 0 saturated heterocycles. The van der Waals surface area contributed by atoms with E-state index >= 15 is 0 Å². The standard InChI is InChI=1S/C14H19F2NO2/c1-4-19-13(18)14(15,16)12(17)11-7-5-10(6-8-11)9(2)3/h5-9,12H,4,17H2,1-3H3/t12-/m1/s1. The van der Waals surface area contributed by atoms with E-state index in [-0.39, 0.29) is 12.2 Å². The second kappa shape index (κ2) is 6.10. The smallest absolute Gasteiger partial charge is 0.379 e. The summed E-state index contributed by atoms with van der Waals surface area (Å²) in [7, 11) is 0. The maximum atomic E-state index is 13.7. The third-order valence-electron chi connectivity index (χ3n) is 2.90. The number of carbonyl (C=O) groups excluding carboxylic acids is 1. The molecular weight excluding hydrogens is 252 g/mol. The largest absolute Gasteiger partial charge is 0.462 e. The quantitative estimate of drug-likeness (QED) is 0.837. The monoisotopic (exact) mass is 271 g/mol. The highest BCUT2D eigenvalue weighted by molar-refractivity contribution is 5.78. The third-order valence-corrected chi connectivity index (χ3v) is 2.90. The first-order chi connectivity index (χ1) is 8.80. The van der Waals surface area contributed by atoms with Gasteiger partial charge in [0, 0.05) is 0 Å². The number of carbonyl (C=O) groups is 1. The van der Waals surface area contributed by atoms with Gasteiger partial charge in [0.15, 0.2) is 0 Å². The first-order valence-electron chi connectivity index (χ1n) is 6.21. The number of halogens is 2. The molecule has 0 unspecified atom stereocenters. The molecule has 0 heterocycles. The van der Waals surface area contributed by atoms with Gasteiger partial charge in [-0.1, -0.05) is 38.1 Å². The van der Waals surface area contributed by atoms with Crippen LogP contribution in [-0.4, -0.2) is 18.5 Å². The summed E-state index contributed by atoms with van der Waals surface area (Å²) in [4.78, 5) is 11.2. The molecule has 0 aliphatic rings. The van der Waals surface area contributed by atoms with Crippen LogP contribution in [0, 0.1) is 0 Å². The van der Waals surface area contributed by atoms with Crippen LogP contribution in [0.5, 0.6) is 0 Å². The summed E-state index contributed by atoms with van der Waals surface area (Å²) in [5, 5.41) is 0. The fourth-order valence-corrected chi connectivity index (χ4v) is 1.65. The normalized spacial score (nSPS) is 13.4. The van der Waals surface area contributed by atoms with E-state index in [1.807, 2.05) is 13.8 Å². The summed E-state index contributed by atoms with van der Waals surface area (Å²) >= 11 is 0. The minimum absolute atomic E-state index is 0.104. The topological polar surface area (TPSA) is 52.3 Å². The lowest BCUT2D eigenvalue weighted by atomic mass is 9.96. The lowest BCUT2D eigenvalue weighted by Crippen LogP contribution is -2.41. The van der Waals surface area contributed by atoms with Crippen molar-refractivity contribution in [1.82, 2.24) is 0 Å². The lowest BCUT2D eigenvalue weighted by molar-refractivity contribution is -0.174. The van der Waals surface area contributed by atoms with Crippen molar-refractivity contribution in [2.75, 3.05) is 6.61 Å². The van der Waals surface area contributed by atoms with Crippen LogP contribution >= 0.6 is 0 Å². The molecule has 0 aliphatic carbocycles. The van der Waals surface area contributed by atoms with Crippen LogP contribution < -0.4 is 5.73 Å². The molecule has 0 aromatic heterocycles. The molecule has 0 saturated carbocycles. The first kappa shape index (κ1) is 15.6. The molecule has 0 fully saturated rings. The molecule has 0 aliphatic heterocycles. The Morgan fingerprint density at radius 1 is 1.26 bits per heavy atom. The van der Waals surface area contributed by atoms with E-state index in [2.05, 4.69) is 4.74 Å². The number of hydrogen-bond acceptors (Lipinski definition) is 3. The van der Waals surface area contributed by atoms with Crippen LogP contribution in [0.3, 0.4) is 0 Å². The summed E-state index contributed by atoms with van der Waals surface area (Å²) in [6.45, 7) is 5.37. The van der Waals surface area contributed by atoms with Crippen molar-refractivity contribution in [3.63, 3.8) is 0 Å². The van der Waals surface area contributed by atoms with Crippen molar-refractivity contribution in [3.05, 3.63) is 35.4 Å². The highest BCUT2D eigenvalue weighted by Crippen LogP contribution is 2.31. The van der Waals surface area contributed by atoms with Crippen LogP contribution in [-0.2, 0) is 9.53 Å². The second-order valence-corrected chi connectivity index (χ2v) is 4.64. The SMILES string of the molecule is CCOC(=O)C(F)(F)[C@H](N)c1ccc(C(C)C)cc1. The van der Waals surface area contributed by atoms with E-state index < -0.39 is 17.9 Å². The summed E-state index contributed by atoms with van der Waals surface area (Å²) in [5.74, 6) is -5.01. The molecule has 2 N–H and O–H groups in total. The van der Waals surface area contributed by atoms with Crippen LogP contribution in [0.15, 0.2) is 24.3 Å². The average molecular weight is 271 g/mol. The number of esters is 1. The summed E-state index contributed by atoms with van der Waals surface area (Å²) < 4.78 is 31.8. The van der Waals surface area contributed by atoms with E-state index in [9.17, 15) is 13.6 Å². The first-order valence-corrected chi connectivity index (χ1v) is 6.21. The Balaban J connectivity index is 2.92. The Morgan fingerprint density at radius 3 is 2.16 bits per heavy atom. The van der Waals surface area contributed by atoms with E-state index in [1.165, 1.54) is 19.1 Å². The van der Waals surface area contributed by atoms with Crippen molar-refractivity contribution in [3.8, 4) is 0 Å². The third kappa shape index (κ3) is 3.50. The maximum absolute atomic E-state index is 13.7. The summed E-state index contributed by atoms with van der Waals surface area (Å²) in [6.07, 6.45) is 0. The second-order valence-electron chi connectivity index (χ2n) is 4.64. The zero-order valence-electron chi connectivity index (χ0n) is 11.3. The van der Waals surface area contributed by atoms with Crippen molar-refractivity contribution < 1.29 is 18.3 Å². The predicted octanol–water partition coefficient (Wildman–Crippen LogP) is 3.01. The van der Waals surface area contributed by atoms with Crippen molar-refractivity contribution in [2.45, 2.75) is 38.7 Å². The summed E-state index contributed by atoms with van der Waals surface area (Å²) in [6, 6.07) is 4.82. The van der Waals surface area contributed by atoms with Crippen LogP contribution in [0.2, 0.25) is 0 Å². The highest BCUT2D eigenvalue weighted by Gasteiger charge is 2.47. The molecule has 0 amide bonds. The van der Waals surface area contributed by atoms with Gasteiger partial charge in [0.05, 0.1) is 6.61 Å². The Bertz CT molecular complexity index is 430. The number of benzene rings is 1. The Kier molecular flexibility index (Phi) is 5.00. The molecule has 1 aromatic carbocycles. The van der Waals surface area contributed by atoms with Crippen LogP contribution in [0.4, 0.5) is 8.78 Å².